The van der Waals surface area contributed by atoms with Crippen molar-refractivity contribution >= 4 is 34.6 Å². The number of hydrogen-bond donors (Lipinski definition) is 1. The minimum absolute atomic E-state index is 0.00193. The van der Waals surface area contributed by atoms with E-state index in [1.54, 1.807) is 33.7 Å². The third kappa shape index (κ3) is 2.37. The summed E-state index contributed by atoms with van der Waals surface area (Å²) < 4.78 is 0. The first-order chi connectivity index (χ1) is 11.1. The van der Waals surface area contributed by atoms with Gasteiger partial charge in [0.2, 0.25) is 5.91 Å². The molecule has 1 N–H and O–H groups in total. The molecule has 2 aliphatic rings. The molecule has 4 rings (SSSR count). The van der Waals surface area contributed by atoms with Crippen LogP contribution in [0.3, 0.4) is 0 Å². The summed E-state index contributed by atoms with van der Waals surface area (Å²) in [6.07, 6.45) is 2.25. The third-order valence-corrected chi connectivity index (χ3v) is 5.29. The maximum atomic E-state index is 12.1. The van der Waals surface area contributed by atoms with Crippen LogP contribution in [0.15, 0.2) is 29.9 Å². The molecule has 1 aromatic heterocycles. The molecule has 1 aromatic carbocycles. The van der Waals surface area contributed by atoms with Crippen molar-refractivity contribution in [1.29, 1.82) is 0 Å². The van der Waals surface area contributed by atoms with Crippen LogP contribution in [0.4, 0.5) is 16.2 Å². The molecule has 0 aliphatic carbocycles. The molecular formula is C16H16N4O2S. The molecule has 1 saturated heterocycles. The Morgan fingerprint density at radius 2 is 2.17 bits per heavy atom. The van der Waals surface area contributed by atoms with Crippen LogP contribution in [-0.4, -0.2) is 42.0 Å². The summed E-state index contributed by atoms with van der Waals surface area (Å²) in [5.41, 5.74) is 4.48. The van der Waals surface area contributed by atoms with Gasteiger partial charge in [-0.2, -0.15) is 0 Å². The van der Waals surface area contributed by atoms with E-state index < -0.39 is 0 Å². The number of fused-ring (bicyclic) bond motifs is 1. The number of rotatable bonds is 2. The molecule has 6 nitrogen and oxygen atoms in total. The molecule has 23 heavy (non-hydrogen) atoms. The van der Waals surface area contributed by atoms with E-state index in [-0.39, 0.29) is 17.9 Å². The van der Waals surface area contributed by atoms with E-state index in [4.69, 9.17) is 0 Å². The Morgan fingerprint density at radius 1 is 1.30 bits per heavy atom. The summed E-state index contributed by atoms with van der Waals surface area (Å²) in [6, 6.07) is 5.87. The van der Waals surface area contributed by atoms with Gasteiger partial charge >= 0.3 is 6.03 Å². The lowest BCUT2D eigenvalue weighted by Gasteiger charge is -2.26. The molecule has 2 aliphatic heterocycles. The van der Waals surface area contributed by atoms with Gasteiger partial charge in [0.15, 0.2) is 0 Å². The fourth-order valence-electron chi connectivity index (χ4n) is 3.16. The predicted octanol–water partition coefficient (Wildman–Crippen LogP) is 2.49. The summed E-state index contributed by atoms with van der Waals surface area (Å²) in [4.78, 5) is 32.9. The fraction of sp³-hybridized carbons (Fsp3) is 0.312. The van der Waals surface area contributed by atoms with Gasteiger partial charge in [-0.1, -0.05) is 6.07 Å². The average Bonchev–Trinajstić information content (AvgIpc) is 3.17. The standard InChI is InChI=1S/C16H16N4O2S/c1-19-4-5-20(16(19)22)10-2-3-11-12(14-8-17-9-23-14)7-15(21)18-13(11)6-10/h2-3,6,8-9,12H,4-5,7H2,1H3,(H,18,21). The van der Waals surface area contributed by atoms with Gasteiger partial charge in [-0.05, 0) is 17.7 Å². The normalized spacial score (nSPS) is 20.7. The average molecular weight is 328 g/mol. The van der Waals surface area contributed by atoms with Crippen molar-refractivity contribution in [3.05, 3.63) is 40.3 Å². The Morgan fingerprint density at radius 3 is 2.87 bits per heavy atom. The van der Waals surface area contributed by atoms with E-state index in [2.05, 4.69) is 10.3 Å². The lowest BCUT2D eigenvalue weighted by Crippen LogP contribution is -2.29. The number of carbonyl (C=O) groups excluding carboxylic acids is 2. The van der Waals surface area contributed by atoms with Crippen LogP contribution in [0.2, 0.25) is 0 Å². The topological polar surface area (TPSA) is 65.5 Å². The van der Waals surface area contributed by atoms with Crippen LogP contribution in [0.1, 0.15) is 22.8 Å². The van der Waals surface area contributed by atoms with Gasteiger partial charge in [0.05, 0.1) is 5.51 Å². The molecule has 118 valence electrons. The van der Waals surface area contributed by atoms with Gasteiger partial charge in [0.1, 0.15) is 0 Å². The maximum Gasteiger partial charge on any atom is 0.324 e. The van der Waals surface area contributed by atoms with Gasteiger partial charge in [-0.15, -0.1) is 11.3 Å². The van der Waals surface area contributed by atoms with Crippen LogP contribution in [0, 0.1) is 0 Å². The van der Waals surface area contributed by atoms with E-state index in [1.165, 1.54) is 0 Å². The first kappa shape index (κ1) is 14.2. The number of likely N-dealkylation sites (N-methyl/N-ethyl adjacent to an activating group) is 1. The molecule has 0 spiro atoms. The number of benzene rings is 1. The number of hydrogen-bond acceptors (Lipinski definition) is 4. The number of aromatic nitrogens is 1. The molecule has 3 amide bonds. The van der Waals surface area contributed by atoms with E-state index in [0.29, 0.717) is 19.5 Å². The number of urea groups is 1. The summed E-state index contributed by atoms with van der Waals surface area (Å²) in [6.45, 7) is 1.38. The molecule has 0 radical (unpaired) electrons. The Bertz CT molecular complexity index is 774. The molecule has 1 fully saturated rings. The van der Waals surface area contributed by atoms with E-state index in [9.17, 15) is 9.59 Å². The number of nitrogens with zero attached hydrogens (tertiary/aromatic N) is 3. The van der Waals surface area contributed by atoms with Gasteiger partial charge in [-0.25, -0.2) is 4.79 Å². The van der Waals surface area contributed by atoms with E-state index in [0.717, 1.165) is 21.8 Å². The van der Waals surface area contributed by atoms with Gasteiger partial charge in [0, 0.05) is 54.9 Å². The van der Waals surface area contributed by atoms with Crippen molar-refractivity contribution in [2.75, 3.05) is 30.4 Å². The number of nitrogens with one attached hydrogen (secondary N) is 1. The molecule has 0 saturated carbocycles. The number of carbonyl (C=O) groups is 2. The summed E-state index contributed by atoms with van der Waals surface area (Å²) in [7, 11) is 1.79. The fourth-order valence-corrected chi connectivity index (χ4v) is 3.90. The molecule has 7 heteroatoms. The first-order valence-electron chi connectivity index (χ1n) is 7.48. The molecule has 3 heterocycles. The zero-order valence-electron chi connectivity index (χ0n) is 12.7. The SMILES string of the molecule is CN1CCN(c2ccc3c(c2)NC(=O)CC3c2cncs2)C1=O. The monoisotopic (exact) mass is 328 g/mol. The highest BCUT2D eigenvalue weighted by Crippen LogP contribution is 2.40. The lowest BCUT2D eigenvalue weighted by atomic mass is 9.89. The van der Waals surface area contributed by atoms with Crippen LogP contribution in [0.25, 0.3) is 0 Å². The first-order valence-corrected chi connectivity index (χ1v) is 8.36. The highest BCUT2D eigenvalue weighted by atomic mass is 32.1. The largest absolute Gasteiger partial charge is 0.326 e. The Labute approximate surface area is 137 Å². The van der Waals surface area contributed by atoms with Crippen molar-refractivity contribution in [2.24, 2.45) is 0 Å². The van der Waals surface area contributed by atoms with Crippen molar-refractivity contribution in [2.45, 2.75) is 12.3 Å². The highest BCUT2D eigenvalue weighted by molar-refractivity contribution is 7.09. The summed E-state index contributed by atoms with van der Waals surface area (Å²) in [5.74, 6) is 0.0372. The minimum Gasteiger partial charge on any atom is -0.326 e. The van der Waals surface area contributed by atoms with Crippen molar-refractivity contribution < 1.29 is 9.59 Å². The van der Waals surface area contributed by atoms with Crippen molar-refractivity contribution in [3.63, 3.8) is 0 Å². The molecule has 0 bridgehead atoms. The van der Waals surface area contributed by atoms with Gasteiger partial charge in [-0.3, -0.25) is 14.7 Å². The predicted molar refractivity (Wildman–Crippen MR) is 89.0 cm³/mol. The van der Waals surface area contributed by atoms with Crippen LogP contribution in [-0.2, 0) is 4.79 Å². The Balaban J connectivity index is 1.72. The summed E-state index contributed by atoms with van der Waals surface area (Å²) >= 11 is 1.56. The zero-order chi connectivity index (χ0) is 16.0. The van der Waals surface area contributed by atoms with Crippen LogP contribution in [0.5, 0.6) is 0 Å². The second-order valence-electron chi connectivity index (χ2n) is 5.84. The number of anilines is 2. The minimum atomic E-state index is -0.00825. The highest BCUT2D eigenvalue weighted by Gasteiger charge is 2.30. The molecular weight excluding hydrogens is 312 g/mol. The van der Waals surface area contributed by atoms with Crippen LogP contribution < -0.4 is 10.2 Å². The summed E-state index contributed by atoms with van der Waals surface area (Å²) in [5, 5.41) is 2.94. The molecule has 2 aromatic rings. The van der Waals surface area contributed by atoms with Crippen molar-refractivity contribution in [3.8, 4) is 0 Å². The maximum absolute atomic E-state index is 12.1. The lowest BCUT2D eigenvalue weighted by molar-refractivity contribution is -0.116. The van der Waals surface area contributed by atoms with Gasteiger partial charge < -0.3 is 10.2 Å². The quantitative estimate of drug-likeness (QED) is 0.921. The molecule has 1 unspecified atom stereocenters. The van der Waals surface area contributed by atoms with E-state index in [1.807, 2.05) is 24.4 Å². The van der Waals surface area contributed by atoms with Gasteiger partial charge in [0.25, 0.3) is 0 Å². The smallest absolute Gasteiger partial charge is 0.324 e. The zero-order valence-corrected chi connectivity index (χ0v) is 13.5. The number of amides is 3. The Kier molecular flexibility index (Phi) is 3.30. The second-order valence-corrected chi connectivity index (χ2v) is 6.75. The molecule has 1 atom stereocenters. The Hall–Kier alpha value is -2.41. The van der Waals surface area contributed by atoms with E-state index >= 15 is 0 Å². The van der Waals surface area contributed by atoms with Crippen molar-refractivity contribution in [1.82, 2.24) is 9.88 Å². The second kappa shape index (κ2) is 5.34. The van der Waals surface area contributed by atoms with Crippen LogP contribution >= 0.6 is 11.3 Å². The third-order valence-electron chi connectivity index (χ3n) is 4.40. The number of thiazole rings is 1.